The predicted molar refractivity (Wildman–Crippen MR) is 144 cm³/mol. The second kappa shape index (κ2) is 9.75. The average Bonchev–Trinajstić information content (AvgIpc) is 3.79. The summed E-state index contributed by atoms with van der Waals surface area (Å²) in [7, 11) is 0. The number of hydrogen-bond donors (Lipinski definition) is 2. The number of carbonyl (C=O) groups excluding carboxylic acids is 1. The minimum absolute atomic E-state index is 0.0109. The standard InChI is InChI=1S/C28H27Cl2N5O/c29-8-6-19-10-20(17-4-5-17)15-35-16-23(33-27(19)35)14-32-22-7-9-31-26(12-22)34-28(36)25-13-24(25)18-2-1-3-21(30)11-18/h1-3,7,9-12,15-17,24-25H,4-6,8,13-14H2,(H2,31,32,34,36)/t24-,25+/m1/s1. The highest BCUT2D eigenvalue weighted by Gasteiger charge is 2.44. The Balaban J connectivity index is 1.10. The summed E-state index contributed by atoms with van der Waals surface area (Å²) in [6, 6.07) is 13.8. The number of nitrogens with one attached hydrogen (secondary N) is 2. The number of aromatic nitrogens is 3. The molecule has 2 aliphatic carbocycles. The van der Waals surface area contributed by atoms with Crippen LogP contribution in [0.25, 0.3) is 5.65 Å². The molecule has 2 fully saturated rings. The van der Waals surface area contributed by atoms with Gasteiger partial charge in [0, 0.05) is 47.2 Å². The molecule has 1 aromatic carbocycles. The van der Waals surface area contributed by atoms with Crippen LogP contribution in [0.3, 0.4) is 0 Å². The number of nitrogens with zero attached hydrogens (tertiary/aromatic N) is 3. The maximum Gasteiger partial charge on any atom is 0.229 e. The molecule has 2 aliphatic rings. The molecule has 6 nitrogen and oxygen atoms in total. The number of benzene rings is 1. The Morgan fingerprint density at radius 2 is 2.00 bits per heavy atom. The van der Waals surface area contributed by atoms with Crippen LogP contribution in [0.2, 0.25) is 5.02 Å². The molecule has 36 heavy (non-hydrogen) atoms. The molecule has 3 aromatic heterocycles. The van der Waals surface area contributed by atoms with E-state index in [1.54, 1.807) is 6.20 Å². The Hall–Kier alpha value is -3.09. The van der Waals surface area contributed by atoms with Gasteiger partial charge in [-0.2, -0.15) is 0 Å². The third-order valence-corrected chi connectivity index (χ3v) is 7.42. The van der Waals surface area contributed by atoms with Crippen LogP contribution < -0.4 is 10.6 Å². The first kappa shape index (κ1) is 23.3. The minimum Gasteiger partial charge on any atom is -0.379 e. The van der Waals surface area contributed by atoms with E-state index in [0.717, 1.165) is 35.4 Å². The molecule has 1 amide bonds. The smallest absolute Gasteiger partial charge is 0.229 e. The van der Waals surface area contributed by atoms with Gasteiger partial charge in [0.1, 0.15) is 11.5 Å². The molecule has 0 spiro atoms. The Morgan fingerprint density at radius 1 is 1.11 bits per heavy atom. The molecule has 0 saturated heterocycles. The van der Waals surface area contributed by atoms with Gasteiger partial charge in [-0.25, -0.2) is 9.97 Å². The van der Waals surface area contributed by atoms with Crippen molar-refractivity contribution in [2.24, 2.45) is 5.92 Å². The topological polar surface area (TPSA) is 71.3 Å². The van der Waals surface area contributed by atoms with Crippen molar-refractivity contribution < 1.29 is 4.79 Å². The van der Waals surface area contributed by atoms with Crippen molar-refractivity contribution in [3.63, 3.8) is 0 Å². The molecule has 0 aliphatic heterocycles. The van der Waals surface area contributed by atoms with Gasteiger partial charge in [0.25, 0.3) is 0 Å². The number of pyridine rings is 2. The second-order valence-electron chi connectivity index (χ2n) is 9.75. The van der Waals surface area contributed by atoms with Crippen molar-refractivity contribution in [3.8, 4) is 0 Å². The van der Waals surface area contributed by atoms with E-state index in [0.29, 0.717) is 29.2 Å². The van der Waals surface area contributed by atoms with Gasteiger partial charge in [-0.05, 0) is 72.4 Å². The second-order valence-corrected chi connectivity index (χ2v) is 10.6. The summed E-state index contributed by atoms with van der Waals surface area (Å²) in [6.45, 7) is 0.567. The molecule has 184 valence electrons. The Morgan fingerprint density at radius 3 is 2.81 bits per heavy atom. The highest BCUT2D eigenvalue weighted by atomic mass is 35.5. The van der Waals surface area contributed by atoms with E-state index in [-0.39, 0.29) is 17.7 Å². The number of aryl methyl sites for hydroxylation is 1. The molecule has 2 atom stereocenters. The number of rotatable bonds is 9. The van der Waals surface area contributed by atoms with Gasteiger partial charge >= 0.3 is 0 Å². The molecule has 4 aromatic rings. The molecule has 0 bridgehead atoms. The van der Waals surface area contributed by atoms with Gasteiger partial charge in [0.15, 0.2) is 0 Å². The largest absolute Gasteiger partial charge is 0.379 e. The summed E-state index contributed by atoms with van der Waals surface area (Å²) < 4.78 is 2.14. The predicted octanol–water partition coefficient (Wildman–Crippen LogP) is 6.40. The van der Waals surface area contributed by atoms with Crippen molar-refractivity contribution in [3.05, 3.63) is 88.5 Å². The zero-order valence-electron chi connectivity index (χ0n) is 19.8. The van der Waals surface area contributed by atoms with E-state index in [9.17, 15) is 4.79 Å². The zero-order chi connectivity index (χ0) is 24.6. The maximum atomic E-state index is 12.8. The zero-order valence-corrected chi connectivity index (χ0v) is 21.3. The fourth-order valence-electron chi connectivity index (χ4n) is 4.87. The summed E-state index contributed by atoms with van der Waals surface area (Å²) in [5, 5.41) is 7.08. The number of fused-ring (bicyclic) bond motifs is 1. The molecule has 2 saturated carbocycles. The highest BCUT2D eigenvalue weighted by Crippen LogP contribution is 2.48. The number of carbonyl (C=O) groups is 1. The summed E-state index contributed by atoms with van der Waals surface area (Å²) in [4.78, 5) is 22.0. The van der Waals surface area contributed by atoms with E-state index < -0.39 is 0 Å². The van der Waals surface area contributed by atoms with Gasteiger partial charge in [-0.1, -0.05) is 29.8 Å². The fourth-order valence-corrected chi connectivity index (χ4v) is 5.27. The first-order chi connectivity index (χ1) is 17.6. The Labute approximate surface area is 220 Å². The van der Waals surface area contributed by atoms with Crippen molar-refractivity contribution in [2.75, 3.05) is 16.5 Å². The van der Waals surface area contributed by atoms with Crippen molar-refractivity contribution in [1.82, 2.24) is 14.4 Å². The lowest BCUT2D eigenvalue weighted by Gasteiger charge is -2.08. The van der Waals surface area contributed by atoms with Crippen LogP contribution in [-0.4, -0.2) is 26.2 Å². The van der Waals surface area contributed by atoms with Crippen LogP contribution in [0.1, 0.15) is 53.5 Å². The summed E-state index contributed by atoms with van der Waals surface area (Å²) in [5.74, 6) is 1.94. The SMILES string of the molecule is O=C(Nc1cc(NCc2cn3cc(C4CC4)cc(CCCl)c3n2)ccn1)[C@H]1C[C@@H]1c1cccc(Cl)c1. The summed E-state index contributed by atoms with van der Waals surface area (Å²) in [6.07, 6.45) is 10.1. The number of amides is 1. The molecule has 6 rings (SSSR count). The van der Waals surface area contributed by atoms with Crippen LogP contribution in [0.5, 0.6) is 0 Å². The third-order valence-electron chi connectivity index (χ3n) is 7.00. The first-order valence-corrected chi connectivity index (χ1v) is 13.3. The molecule has 0 radical (unpaired) electrons. The quantitative estimate of drug-likeness (QED) is 0.251. The minimum atomic E-state index is -0.0532. The average molecular weight is 520 g/mol. The van der Waals surface area contributed by atoms with E-state index in [1.807, 2.05) is 36.4 Å². The summed E-state index contributed by atoms with van der Waals surface area (Å²) in [5.41, 5.74) is 6.48. The molecule has 0 unspecified atom stereocenters. The lowest BCUT2D eigenvalue weighted by molar-refractivity contribution is -0.117. The van der Waals surface area contributed by atoms with Gasteiger partial charge in [0.2, 0.25) is 5.91 Å². The number of hydrogen-bond acceptors (Lipinski definition) is 4. The van der Waals surface area contributed by atoms with Crippen molar-refractivity contribution in [1.29, 1.82) is 0 Å². The number of anilines is 2. The van der Waals surface area contributed by atoms with Gasteiger partial charge < -0.3 is 15.0 Å². The van der Waals surface area contributed by atoms with Gasteiger partial charge in [-0.3, -0.25) is 4.79 Å². The highest BCUT2D eigenvalue weighted by molar-refractivity contribution is 6.30. The molecular weight excluding hydrogens is 493 g/mol. The molecular formula is C28H27Cl2N5O. The van der Waals surface area contributed by atoms with E-state index in [4.69, 9.17) is 28.2 Å². The van der Waals surface area contributed by atoms with E-state index in [1.165, 1.54) is 24.0 Å². The summed E-state index contributed by atoms with van der Waals surface area (Å²) >= 11 is 12.2. The van der Waals surface area contributed by atoms with Crippen molar-refractivity contribution >= 4 is 46.3 Å². The van der Waals surface area contributed by atoms with Crippen LogP contribution in [0.4, 0.5) is 11.5 Å². The number of alkyl halides is 1. The number of halogens is 2. The Kier molecular flexibility index (Phi) is 6.32. The molecule has 2 N–H and O–H groups in total. The molecule has 3 heterocycles. The Bertz CT molecular complexity index is 1430. The third kappa shape index (κ3) is 5.06. The van der Waals surface area contributed by atoms with Crippen LogP contribution >= 0.6 is 23.2 Å². The van der Waals surface area contributed by atoms with E-state index >= 15 is 0 Å². The van der Waals surface area contributed by atoms with Crippen molar-refractivity contribution in [2.45, 2.75) is 44.1 Å². The van der Waals surface area contributed by atoms with Gasteiger partial charge in [0.05, 0.1) is 12.2 Å². The molecule has 8 heteroatoms. The monoisotopic (exact) mass is 519 g/mol. The fraction of sp³-hybridized carbons (Fsp3) is 0.321. The normalized spacial score (nSPS) is 18.8. The van der Waals surface area contributed by atoms with Gasteiger partial charge in [-0.15, -0.1) is 11.6 Å². The number of imidazole rings is 1. The lowest BCUT2D eigenvalue weighted by atomic mass is 10.1. The lowest BCUT2D eigenvalue weighted by Crippen LogP contribution is -2.15. The van der Waals surface area contributed by atoms with Crippen LogP contribution in [0.15, 0.2) is 61.1 Å². The maximum absolute atomic E-state index is 12.8. The van der Waals surface area contributed by atoms with Crippen LogP contribution in [-0.2, 0) is 17.8 Å². The first-order valence-electron chi connectivity index (χ1n) is 12.4. The van der Waals surface area contributed by atoms with Crippen LogP contribution in [0, 0.1) is 5.92 Å². The van der Waals surface area contributed by atoms with E-state index in [2.05, 4.69) is 38.5 Å².